The van der Waals surface area contributed by atoms with Gasteiger partial charge >= 0.3 is 0 Å². The molecule has 1 atom stereocenters. The first-order valence-electron chi connectivity index (χ1n) is 10.9. The molecule has 0 spiro atoms. The summed E-state index contributed by atoms with van der Waals surface area (Å²) in [7, 11) is 0. The number of piperidine rings is 2. The van der Waals surface area contributed by atoms with Crippen molar-refractivity contribution in [3.8, 4) is 0 Å². The average molecular weight is 387 g/mol. The van der Waals surface area contributed by atoms with E-state index in [-0.39, 0.29) is 23.5 Å². The summed E-state index contributed by atoms with van der Waals surface area (Å²) in [5.41, 5.74) is 1.17. The minimum atomic E-state index is -0.193. The Balaban J connectivity index is 1.28. The number of nitrogens with zero attached hydrogens (tertiary/aromatic N) is 2. The van der Waals surface area contributed by atoms with Crippen LogP contribution in [0.25, 0.3) is 0 Å². The van der Waals surface area contributed by atoms with Crippen LogP contribution < -0.4 is 0 Å². The Bertz CT molecular complexity index is 691. The second-order valence-electron chi connectivity index (χ2n) is 8.82. The van der Waals surface area contributed by atoms with Crippen molar-refractivity contribution >= 4 is 11.8 Å². The van der Waals surface area contributed by atoms with Crippen LogP contribution in [0.15, 0.2) is 24.3 Å². The SMILES string of the molecule is O=C([C@@H]1CCC(=O)N(C2CCCC2)C1)N1CCC(Cc2ccc(F)cc2)CC1. The van der Waals surface area contributed by atoms with E-state index in [4.69, 9.17) is 0 Å². The van der Waals surface area contributed by atoms with E-state index in [1.165, 1.54) is 30.5 Å². The minimum Gasteiger partial charge on any atom is -0.342 e. The first-order chi connectivity index (χ1) is 13.6. The third-order valence-electron chi connectivity index (χ3n) is 6.92. The van der Waals surface area contributed by atoms with Crippen molar-refractivity contribution in [1.29, 1.82) is 0 Å². The highest BCUT2D eigenvalue weighted by molar-refractivity contribution is 5.84. The molecule has 0 aromatic heterocycles. The molecule has 1 aromatic carbocycles. The monoisotopic (exact) mass is 386 g/mol. The fourth-order valence-electron chi connectivity index (χ4n) is 5.21. The third-order valence-corrected chi connectivity index (χ3v) is 6.92. The highest BCUT2D eigenvalue weighted by atomic mass is 19.1. The second-order valence-corrected chi connectivity index (χ2v) is 8.82. The molecule has 1 saturated carbocycles. The fraction of sp³-hybridized carbons (Fsp3) is 0.652. The summed E-state index contributed by atoms with van der Waals surface area (Å²) < 4.78 is 13.1. The molecule has 3 aliphatic rings. The highest BCUT2D eigenvalue weighted by Crippen LogP contribution is 2.30. The Hall–Kier alpha value is -1.91. The van der Waals surface area contributed by atoms with Crippen LogP contribution in [-0.4, -0.2) is 47.3 Å². The summed E-state index contributed by atoms with van der Waals surface area (Å²) in [6.07, 6.45) is 8.79. The van der Waals surface area contributed by atoms with E-state index in [0.29, 0.717) is 31.3 Å². The van der Waals surface area contributed by atoms with E-state index in [9.17, 15) is 14.0 Å². The van der Waals surface area contributed by atoms with E-state index in [0.717, 1.165) is 45.2 Å². The molecule has 152 valence electrons. The maximum Gasteiger partial charge on any atom is 0.227 e. The molecule has 0 radical (unpaired) electrons. The predicted molar refractivity (Wildman–Crippen MR) is 106 cm³/mol. The van der Waals surface area contributed by atoms with Crippen molar-refractivity contribution in [3.63, 3.8) is 0 Å². The maximum atomic E-state index is 13.1. The lowest BCUT2D eigenvalue weighted by Crippen LogP contribution is -2.51. The van der Waals surface area contributed by atoms with Crippen LogP contribution in [0.1, 0.15) is 56.9 Å². The topological polar surface area (TPSA) is 40.6 Å². The Morgan fingerprint density at radius 1 is 1.00 bits per heavy atom. The molecule has 5 heteroatoms. The van der Waals surface area contributed by atoms with Crippen molar-refractivity contribution in [2.75, 3.05) is 19.6 Å². The van der Waals surface area contributed by atoms with Crippen LogP contribution in [0.3, 0.4) is 0 Å². The van der Waals surface area contributed by atoms with Gasteiger partial charge in [0.25, 0.3) is 0 Å². The van der Waals surface area contributed by atoms with Gasteiger partial charge in [-0.05, 0) is 62.1 Å². The van der Waals surface area contributed by atoms with Crippen LogP contribution >= 0.6 is 0 Å². The summed E-state index contributed by atoms with van der Waals surface area (Å²) in [5, 5.41) is 0. The van der Waals surface area contributed by atoms with Gasteiger partial charge < -0.3 is 9.80 Å². The zero-order valence-electron chi connectivity index (χ0n) is 16.6. The molecular formula is C23H31FN2O2. The molecule has 4 nitrogen and oxygen atoms in total. The second kappa shape index (κ2) is 8.62. The zero-order valence-corrected chi connectivity index (χ0v) is 16.6. The first kappa shape index (κ1) is 19.4. The maximum absolute atomic E-state index is 13.1. The van der Waals surface area contributed by atoms with Gasteiger partial charge in [-0.1, -0.05) is 25.0 Å². The standard InChI is InChI=1S/C23H31FN2O2/c24-20-8-5-17(6-9-20)15-18-11-13-25(14-12-18)23(28)19-7-10-22(27)26(16-19)21-3-1-2-4-21/h5-6,8-9,18-19,21H,1-4,7,10-16H2/t19-/m1/s1. The molecular weight excluding hydrogens is 355 g/mol. The van der Waals surface area contributed by atoms with Gasteiger partial charge in [0.1, 0.15) is 5.82 Å². The van der Waals surface area contributed by atoms with Gasteiger partial charge in [0.2, 0.25) is 11.8 Å². The quantitative estimate of drug-likeness (QED) is 0.790. The Kier molecular flexibility index (Phi) is 5.98. The number of hydrogen-bond donors (Lipinski definition) is 0. The van der Waals surface area contributed by atoms with Crippen molar-refractivity contribution in [2.45, 2.75) is 63.8 Å². The van der Waals surface area contributed by atoms with E-state index >= 15 is 0 Å². The van der Waals surface area contributed by atoms with Gasteiger partial charge in [0.05, 0.1) is 5.92 Å². The molecule has 1 aromatic rings. The van der Waals surface area contributed by atoms with E-state index in [1.54, 1.807) is 0 Å². The fourth-order valence-corrected chi connectivity index (χ4v) is 5.21. The largest absolute Gasteiger partial charge is 0.342 e. The van der Waals surface area contributed by atoms with Crippen molar-refractivity contribution in [2.24, 2.45) is 11.8 Å². The summed E-state index contributed by atoms with van der Waals surface area (Å²) in [6.45, 7) is 2.23. The molecule has 4 rings (SSSR count). The van der Waals surface area contributed by atoms with Crippen LogP contribution in [0.2, 0.25) is 0 Å². The van der Waals surface area contributed by atoms with Crippen LogP contribution in [0, 0.1) is 17.7 Å². The minimum absolute atomic E-state index is 0.0213. The molecule has 28 heavy (non-hydrogen) atoms. The number of carbonyl (C=O) groups excluding carboxylic acids is 2. The van der Waals surface area contributed by atoms with E-state index in [1.807, 2.05) is 21.9 Å². The summed E-state index contributed by atoms with van der Waals surface area (Å²) in [4.78, 5) is 29.4. The molecule has 2 saturated heterocycles. The van der Waals surface area contributed by atoms with Crippen LogP contribution in [-0.2, 0) is 16.0 Å². The molecule has 0 N–H and O–H groups in total. The number of hydrogen-bond acceptors (Lipinski definition) is 2. The third kappa shape index (κ3) is 4.39. The lowest BCUT2D eigenvalue weighted by molar-refractivity contribution is -0.145. The van der Waals surface area contributed by atoms with Gasteiger partial charge in [0.15, 0.2) is 0 Å². The Morgan fingerprint density at radius 2 is 1.68 bits per heavy atom. The number of amides is 2. The molecule has 2 amide bonds. The van der Waals surface area contributed by atoms with Gasteiger partial charge in [-0.2, -0.15) is 0 Å². The average Bonchev–Trinajstić information content (AvgIpc) is 3.25. The molecule has 0 unspecified atom stereocenters. The zero-order chi connectivity index (χ0) is 19.5. The first-order valence-corrected chi connectivity index (χ1v) is 10.9. The van der Waals surface area contributed by atoms with Gasteiger partial charge in [-0.15, -0.1) is 0 Å². The summed E-state index contributed by atoms with van der Waals surface area (Å²) >= 11 is 0. The smallest absolute Gasteiger partial charge is 0.227 e. The van der Waals surface area contributed by atoms with Gasteiger partial charge in [-0.25, -0.2) is 4.39 Å². The normalized spacial score (nSPS) is 24.8. The van der Waals surface area contributed by atoms with Gasteiger partial charge in [-0.3, -0.25) is 9.59 Å². The number of likely N-dealkylation sites (tertiary alicyclic amines) is 2. The molecule has 1 aliphatic carbocycles. The van der Waals surface area contributed by atoms with Crippen molar-refractivity contribution in [3.05, 3.63) is 35.6 Å². The Morgan fingerprint density at radius 3 is 2.36 bits per heavy atom. The Labute approximate surface area is 167 Å². The lowest BCUT2D eigenvalue weighted by Gasteiger charge is -2.39. The van der Waals surface area contributed by atoms with E-state index in [2.05, 4.69) is 0 Å². The number of carbonyl (C=O) groups is 2. The highest BCUT2D eigenvalue weighted by Gasteiger charge is 2.37. The molecule has 0 bridgehead atoms. The van der Waals surface area contributed by atoms with Crippen molar-refractivity contribution in [1.82, 2.24) is 9.80 Å². The van der Waals surface area contributed by atoms with E-state index < -0.39 is 0 Å². The van der Waals surface area contributed by atoms with Crippen molar-refractivity contribution < 1.29 is 14.0 Å². The van der Waals surface area contributed by atoms with Crippen LogP contribution in [0.4, 0.5) is 4.39 Å². The molecule has 2 aliphatic heterocycles. The lowest BCUT2D eigenvalue weighted by atomic mass is 9.88. The number of benzene rings is 1. The number of halogens is 1. The van der Waals surface area contributed by atoms with Gasteiger partial charge in [0, 0.05) is 32.1 Å². The molecule has 2 heterocycles. The number of rotatable bonds is 4. The van der Waals surface area contributed by atoms with Crippen LogP contribution in [0.5, 0.6) is 0 Å². The molecule has 3 fully saturated rings. The summed E-state index contributed by atoms with van der Waals surface area (Å²) in [6, 6.07) is 7.14. The predicted octanol–water partition coefficient (Wildman–Crippen LogP) is 3.79. The summed E-state index contributed by atoms with van der Waals surface area (Å²) in [5.74, 6) is 0.829.